The first kappa shape index (κ1) is 13.3. The Hall–Kier alpha value is -1.68. The minimum atomic E-state index is -0.336. The van der Waals surface area contributed by atoms with Crippen molar-refractivity contribution in [1.29, 1.82) is 0 Å². The number of hydrogen-bond donors (Lipinski definition) is 1. The van der Waals surface area contributed by atoms with E-state index in [0.717, 1.165) is 32.4 Å². The molecular formula is C16H18FNO2. The van der Waals surface area contributed by atoms with Crippen LogP contribution in [0.25, 0.3) is 11.0 Å². The molecule has 0 aliphatic carbocycles. The number of furan rings is 1. The van der Waals surface area contributed by atoms with E-state index in [4.69, 9.17) is 4.42 Å². The predicted molar refractivity (Wildman–Crippen MR) is 75.3 cm³/mol. The van der Waals surface area contributed by atoms with Crippen molar-refractivity contribution in [3.63, 3.8) is 0 Å². The molecule has 106 valence electrons. The van der Waals surface area contributed by atoms with Gasteiger partial charge in [-0.3, -0.25) is 4.79 Å². The summed E-state index contributed by atoms with van der Waals surface area (Å²) < 4.78 is 18.8. The zero-order valence-corrected chi connectivity index (χ0v) is 11.5. The van der Waals surface area contributed by atoms with Crippen LogP contribution in [0.4, 0.5) is 4.39 Å². The van der Waals surface area contributed by atoms with E-state index in [0.29, 0.717) is 16.7 Å². The molecule has 1 fully saturated rings. The summed E-state index contributed by atoms with van der Waals surface area (Å²) in [7, 11) is 0. The van der Waals surface area contributed by atoms with Crippen LogP contribution < -0.4 is 5.32 Å². The molecule has 0 amide bonds. The summed E-state index contributed by atoms with van der Waals surface area (Å²) in [6.07, 6.45) is 2.46. The van der Waals surface area contributed by atoms with Crippen molar-refractivity contribution in [2.45, 2.75) is 26.2 Å². The number of hydrogen-bond acceptors (Lipinski definition) is 3. The molecule has 0 unspecified atom stereocenters. The summed E-state index contributed by atoms with van der Waals surface area (Å²) >= 11 is 0. The number of ketones is 1. The third-order valence-electron chi connectivity index (χ3n) is 4.42. The molecule has 4 heteroatoms. The lowest BCUT2D eigenvalue weighted by molar-refractivity contribution is 0.0688. The van der Waals surface area contributed by atoms with Crippen LogP contribution in [-0.2, 0) is 0 Å². The van der Waals surface area contributed by atoms with Gasteiger partial charge in [0, 0.05) is 10.8 Å². The smallest absolute Gasteiger partial charge is 0.204 e. The van der Waals surface area contributed by atoms with Gasteiger partial charge in [0.25, 0.3) is 0 Å². The van der Waals surface area contributed by atoms with Crippen LogP contribution in [0.3, 0.4) is 0 Å². The lowest BCUT2D eigenvalue weighted by Crippen LogP contribution is -2.41. The highest BCUT2D eigenvalue weighted by molar-refractivity contribution is 6.01. The van der Waals surface area contributed by atoms with Crippen LogP contribution in [0.2, 0.25) is 0 Å². The molecule has 0 spiro atoms. The Morgan fingerprint density at radius 3 is 2.80 bits per heavy atom. The average Bonchev–Trinajstić information content (AvgIpc) is 2.90. The molecule has 1 saturated heterocycles. The monoisotopic (exact) mass is 275 g/mol. The van der Waals surface area contributed by atoms with Gasteiger partial charge in [0.2, 0.25) is 5.78 Å². The van der Waals surface area contributed by atoms with Gasteiger partial charge in [0.15, 0.2) is 5.76 Å². The average molecular weight is 275 g/mol. The number of Topliss-reactive ketones (excluding diaryl/α,β-unsaturated/α-hetero) is 1. The second kappa shape index (κ2) is 5.02. The molecular weight excluding hydrogens is 257 g/mol. The number of halogens is 1. The van der Waals surface area contributed by atoms with Gasteiger partial charge in [-0.25, -0.2) is 4.39 Å². The molecule has 3 rings (SSSR count). The van der Waals surface area contributed by atoms with Crippen molar-refractivity contribution in [3.05, 3.63) is 35.8 Å². The zero-order valence-electron chi connectivity index (χ0n) is 11.5. The van der Waals surface area contributed by atoms with E-state index in [9.17, 15) is 9.18 Å². The first-order chi connectivity index (χ1) is 9.64. The zero-order chi connectivity index (χ0) is 14.2. The number of piperidine rings is 1. The molecule has 0 radical (unpaired) electrons. The standard InChI is InChI=1S/C16H18FNO2/c1-2-16(5-7-18-8-6-16)15(19)14-10-11-9-12(17)3-4-13(11)20-14/h3-4,9-10,18H,2,5-8H2,1H3. The van der Waals surface area contributed by atoms with Crippen molar-refractivity contribution in [2.24, 2.45) is 5.41 Å². The van der Waals surface area contributed by atoms with Crippen LogP contribution in [0.5, 0.6) is 0 Å². The predicted octanol–water partition coefficient (Wildman–Crippen LogP) is 3.53. The van der Waals surface area contributed by atoms with Gasteiger partial charge in [-0.2, -0.15) is 0 Å². The van der Waals surface area contributed by atoms with Crippen molar-refractivity contribution in [3.8, 4) is 0 Å². The summed E-state index contributed by atoms with van der Waals surface area (Å²) in [5, 5.41) is 3.93. The van der Waals surface area contributed by atoms with E-state index in [1.165, 1.54) is 12.1 Å². The molecule has 0 saturated carbocycles. The molecule has 1 aliphatic heterocycles. The first-order valence-corrected chi connectivity index (χ1v) is 7.09. The van der Waals surface area contributed by atoms with E-state index < -0.39 is 0 Å². The summed E-state index contributed by atoms with van der Waals surface area (Å²) in [6.45, 7) is 3.76. The Labute approximate surface area is 117 Å². The maximum atomic E-state index is 13.2. The van der Waals surface area contributed by atoms with Crippen LogP contribution in [-0.4, -0.2) is 18.9 Å². The highest BCUT2D eigenvalue weighted by Gasteiger charge is 2.39. The Balaban J connectivity index is 1.98. The van der Waals surface area contributed by atoms with Crippen LogP contribution in [0.1, 0.15) is 36.7 Å². The number of fused-ring (bicyclic) bond motifs is 1. The third-order valence-corrected chi connectivity index (χ3v) is 4.42. The van der Waals surface area contributed by atoms with Gasteiger partial charge in [-0.05, 0) is 56.6 Å². The van der Waals surface area contributed by atoms with Gasteiger partial charge in [0.1, 0.15) is 11.4 Å². The number of rotatable bonds is 3. The maximum absolute atomic E-state index is 13.2. The van der Waals surface area contributed by atoms with Crippen molar-refractivity contribution < 1.29 is 13.6 Å². The van der Waals surface area contributed by atoms with Gasteiger partial charge >= 0.3 is 0 Å². The normalized spacial score (nSPS) is 18.3. The molecule has 1 aromatic heterocycles. The SMILES string of the molecule is CCC1(C(=O)c2cc3cc(F)ccc3o2)CCNCC1. The molecule has 20 heavy (non-hydrogen) atoms. The Kier molecular flexibility index (Phi) is 3.34. The van der Waals surface area contributed by atoms with Gasteiger partial charge < -0.3 is 9.73 Å². The lowest BCUT2D eigenvalue weighted by Gasteiger charge is -2.34. The number of nitrogens with one attached hydrogen (secondary N) is 1. The topological polar surface area (TPSA) is 42.2 Å². The number of carbonyl (C=O) groups excluding carboxylic acids is 1. The quantitative estimate of drug-likeness (QED) is 0.871. The second-order valence-electron chi connectivity index (χ2n) is 5.51. The highest BCUT2D eigenvalue weighted by atomic mass is 19.1. The first-order valence-electron chi connectivity index (χ1n) is 7.09. The Morgan fingerprint density at radius 2 is 2.10 bits per heavy atom. The number of carbonyl (C=O) groups is 1. The summed E-state index contributed by atoms with van der Waals surface area (Å²) in [6, 6.07) is 5.99. The summed E-state index contributed by atoms with van der Waals surface area (Å²) in [4.78, 5) is 12.8. The fourth-order valence-corrected chi connectivity index (χ4v) is 3.03. The second-order valence-corrected chi connectivity index (χ2v) is 5.51. The lowest BCUT2D eigenvalue weighted by atomic mass is 9.72. The molecule has 1 aliphatic rings. The van der Waals surface area contributed by atoms with E-state index in [-0.39, 0.29) is 17.0 Å². The van der Waals surface area contributed by atoms with Crippen LogP contribution in [0.15, 0.2) is 28.7 Å². The van der Waals surface area contributed by atoms with Crippen molar-refractivity contribution >= 4 is 16.8 Å². The molecule has 0 bridgehead atoms. The van der Waals surface area contributed by atoms with Gasteiger partial charge in [0.05, 0.1) is 0 Å². The minimum Gasteiger partial charge on any atom is -0.453 e. The molecule has 2 aromatic rings. The van der Waals surface area contributed by atoms with Crippen LogP contribution >= 0.6 is 0 Å². The Bertz CT molecular complexity index is 641. The van der Waals surface area contributed by atoms with E-state index >= 15 is 0 Å². The van der Waals surface area contributed by atoms with Gasteiger partial charge in [-0.1, -0.05) is 6.92 Å². The molecule has 0 atom stereocenters. The van der Waals surface area contributed by atoms with Crippen LogP contribution in [0, 0.1) is 11.2 Å². The van der Waals surface area contributed by atoms with Crippen molar-refractivity contribution in [2.75, 3.05) is 13.1 Å². The Morgan fingerprint density at radius 1 is 1.35 bits per heavy atom. The van der Waals surface area contributed by atoms with E-state index in [2.05, 4.69) is 5.32 Å². The third kappa shape index (κ3) is 2.14. The number of benzene rings is 1. The molecule has 1 aromatic carbocycles. The largest absolute Gasteiger partial charge is 0.453 e. The fraction of sp³-hybridized carbons (Fsp3) is 0.438. The minimum absolute atomic E-state index is 0.0538. The van der Waals surface area contributed by atoms with Gasteiger partial charge in [-0.15, -0.1) is 0 Å². The highest BCUT2D eigenvalue weighted by Crippen LogP contribution is 2.37. The summed E-state index contributed by atoms with van der Waals surface area (Å²) in [5.74, 6) is 0.0943. The van der Waals surface area contributed by atoms with E-state index in [1.807, 2.05) is 6.92 Å². The van der Waals surface area contributed by atoms with E-state index in [1.54, 1.807) is 12.1 Å². The molecule has 3 nitrogen and oxygen atoms in total. The molecule has 2 heterocycles. The fourth-order valence-electron chi connectivity index (χ4n) is 3.03. The maximum Gasteiger partial charge on any atom is 0.204 e. The molecule has 1 N–H and O–H groups in total. The summed E-state index contributed by atoms with van der Waals surface area (Å²) in [5.41, 5.74) is 0.229. The van der Waals surface area contributed by atoms with Crippen molar-refractivity contribution in [1.82, 2.24) is 5.32 Å².